The van der Waals surface area contributed by atoms with Crippen molar-refractivity contribution in [2.45, 2.75) is 6.54 Å². The molecule has 2 aromatic rings. The van der Waals surface area contributed by atoms with E-state index in [1.165, 1.54) is 18.2 Å². The van der Waals surface area contributed by atoms with Crippen LogP contribution in [0.2, 0.25) is 0 Å². The first-order chi connectivity index (χ1) is 13.0. The second-order valence-electron chi connectivity index (χ2n) is 5.53. The Hall–Kier alpha value is -3.65. The van der Waals surface area contributed by atoms with E-state index in [-0.39, 0.29) is 25.0 Å². The van der Waals surface area contributed by atoms with Gasteiger partial charge in [0.25, 0.3) is 5.91 Å². The molecule has 0 aliphatic heterocycles. The molecule has 0 fully saturated rings. The maximum absolute atomic E-state index is 12.4. The van der Waals surface area contributed by atoms with E-state index in [2.05, 4.69) is 16.0 Å². The molecule has 6 N–H and O–H groups in total. The monoisotopic (exact) mass is 368 g/mol. The van der Waals surface area contributed by atoms with E-state index in [4.69, 9.17) is 10.8 Å². The van der Waals surface area contributed by atoms with Gasteiger partial charge < -0.3 is 26.8 Å². The van der Waals surface area contributed by atoms with Crippen molar-refractivity contribution in [3.63, 3.8) is 0 Å². The molecule has 0 bridgehead atoms. The summed E-state index contributed by atoms with van der Waals surface area (Å²) in [6.07, 6.45) is 2.59. The molecule has 0 heterocycles. The number of carbonyl (C=O) groups excluding carboxylic acids is 3. The Morgan fingerprint density at radius 3 is 2.41 bits per heavy atom. The number of nitrogens with two attached hydrogens (primary N) is 1. The van der Waals surface area contributed by atoms with Gasteiger partial charge in [-0.25, -0.2) is 4.79 Å². The Kier molecular flexibility index (Phi) is 7.09. The Morgan fingerprint density at radius 1 is 1.00 bits per heavy atom. The van der Waals surface area contributed by atoms with Crippen molar-refractivity contribution in [2.75, 3.05) is 17.2 Å². The predicted molar refractivity (Wildman–Crippen MR) is 102 cm³/mol. The van der Waals surface area contributed by atoms with E-state index in [9.17, 15) is 14.4 Å². The largest absolute Gasteiger partial charge is 0.392 e. The van der Waals surface area contributed by atoms with Gasteiger partial charge in [0, 0.05) is 29.6 Å². The molecule has 0 saturated heterocycles. The third-order valence-electron chi connectivity index (χ3n) is 3.42. The van der Waals surface area contributed by atoms with Crippen LogP contribution in [0.3, 0.4) is 0 Å². The number of hydrogen-bond donors (Lipinski definition) is 5. The number of anilines is 2. The van der Waals surface area contributed by atoms with Crippen LogP contribution in [0.15, 0.2) is 60.7 Å². The molecule has 0 spiro atoms. The standard InChI is InChI=1S/C19H20N4O4/c20-19(27)23-16-7-2-5-14(11-16)18(26)22-15-6-1-4-13(10-15)12-21-17(25)8-3-9-24/h1-8,10-11,24H,9,12H2,(H,21,25)(H,22,26)(H3,20,23,27)/b8-3+. The van der Waals surface area contributed by atoms with Crippen LogP contribution in [0, 0.1) is 0 Å². The van der Waals surface area contributed by atoms with Gasteiger partial charge in [-0.3, -0.25) is 9.59 Å². The lowest BCUT2D eigenvalue weighted by atomic mass is 10.1. The Bertz CT molecular complexity index is 864. The van der Waals surface area contributed by atoms with Crippen molar-refractivity contribution < 1.29 is 19.5 Å². The van der Waals surface area contributed by atoms with Gasteiger partial charge in [-0.2, -0.15) is 0 Å². The van der Waals surface area contributed by atoms with E-state index in [1.807, 2.05) is 6.07 Å². The SMILES string of the molecule is NC(=O)Nc1cccc(C(=O)Nc2cccc(CNC(=O)/C=C/CO)c2)c1. The molecule has 140 valence electrons. The number of rotatable bonds is 7. The molecule has 27 heavy (non-hydrogen) atoms. The van der Waals surface area contributed by atoms with Gasteiger partial charge in [0.05, 0.1) is 6.61 Å². The smallest absolute Gasteiger partial charge is 0.316 e. The van der Waals surface area contributed by atoms with Gasteiger partial charge in [0.2, 0.25) is 5.91 Å². The van der Waals surface area contributed by atoms with E-state index >= 15 is 0 Å². The molecule has 0 aliphatic carbocycles. The van der Waals surface area contributed by atoms with Gasteiger partial charge >= 0.3 is 6.03 Å². The first-order valence-electron chi connectivity index (χ1n) is 8.10. The number of benzene rings is 2. The van der Waals surface area contributed by atoms with E-state index < -0.39 is 6.03 Å². The van der Waals surface area contributed by atoms with Crippen LogP contribution in [-0.2, 0) is 11.3 Å². The average molecular weight is 368 g/mol. The molecule has 0 saturated carbocycles. The summed E-state index contributed by atoms with van der Waals surface area (Å²) in [6.45, 7) is 0.0709. The molecule has 2 aromatic carbocycles. The van der Waals surface area contributed by atoms with Crippen molar-refractivity contribution in [2.24, 2.45) is 5.73 Å². The number of nitrogens with one attached hydrogen (secondary N) is 3. The van der Waals surface area contributed by atoms with E-state index in [0.717, 1.165) is 5.56 Å². The normalized spacial score (nSPS) is 10.4. The number of aliphatic hydroxyl groups is 1. The number of carbonyl (C=O) groups is 3. The summed E-state index contributed by atoms with van der Waals surface area (Å²) in [7, 11) is 0. The summed E-state index contributed by atoms with van der Waals surface area (Å²) in [5, 5.41) is 16.5. The van der Waals surface area contributed by atoms with Gasteiger partial charge in [0.1, 0.15) is 0 Å². The lowest BCUT2D eigenvalue weighted by Gasteiger charge is -2.09. The number of hydrogen-bond acceptors (Lipinski definition) is 4. The number of primary amides is 1. The van der Waals surface area contributed by atoms with Gasteiger partial charge in [-0.1, -0.05) is 24.3 Å². The molecule has 8 heteroatoms. The molecule has 8 nitrogen and oxygen atoms in total. The van der Waals surface area contributed by atoms with Gasteiger partial charge in [0.15, 0.2) is 0 Å². The summed E-state index contributed by atoms with van der Waals surface area (Å²) in [6, 6.07) is 12.7. The second kappa shape index (κ2) is 9.73. The molecular weight excluding hydrogens is 348 g/mol. The molecule has 0 aromatic heterocycles. The fourth-order valence-electron chi connectivity index (χ4n) is 2.25. The first-order valence-corrected chi connectivity index (χ1v) is 8.10. The summed E-state index contributed by atoms with van der Waals surface area (Å²) in [4.78, 5) is 34.8. The molecule has 4 amide bonds. The molecule has 0 atom stereocenters. The molecule has 0 radical (unpaired) electrons. The fraction of sp³-hybridized carbons (Fsp3) is 0.105. The van der Waals surface area contributed by atoms with E-state index in [1.54, 1.807) is 36.4 Å². The van der Waals surface area contributed by atoms with Crippen molar-refractivity contribution in [1.82, 2.24) is 5.32 Å². The first kappa shape index (κ1) is 19.7. The van der Waals surface area contributed by atoms with Crippen molar-refractivity contribution >= 4 is 29.2 Å². The van der Waals surface area contributed by atoms with Gasteiger partial charge in [-0.15, -0.1) is 0 Å². The van der Waals surface area contributed by atoms with Crippen LogP contribution >= 0.6 is 0 Å². The van der Waals surface area contributed by atoms with Crippen LogP contribution in [-0.4, -0.2) is 29.6 Å². The third kappa shape index (κ3) is 6.63. The number of amides is 4. The van der Waals surface area contributed by atoms with Crippen molar-refractivity contribution in [1.29, 1.82) is 0 Å². The second-order valence-corrected chi connectivity index (χ2v) is 5.53. The summed E-state index contributed by atoms with van der Waals surface area (Å²) in [5.74, 6) is -0.674. The Labute approximate surface area is 156 Å². The zero-order valence-corrected chi connectivity index (χ0v) is 14.4. The van der Waals surface area contributed by atoms with Gasteiger partial charge in [-0.05, 0) is 35.9 Å². The third-order valence-corrected chi connectivity index (χ3v) is 3.42. The van der Waals surface area contributed by atoms with Crippen LogP contribution in [0.1, 0.15) is 15.9 Å². The highest BCUT2D eigenvalue weighted by Gasteiger charge is 2.08. The molecule has 0 aliphatic rings. The zero-order valence-electron chi connectivity index (χ0n) is 14.4. The van der Waals surface area contributed by atoms with E-state index in [0.29, 0.717) is 16.9 Å². The van der Waals surface area contributed by atoms with Crippen LogP contribution < -0.4 is 21.7 Å². The zero-order chi connectivity index (χ0) is 19.6. The summed E-state index contributed by atoms with van der Waals surface area (Å²) >= 11 is 0. The molecule has 0 unspecified atom stereocenters. The quantitative estimate of drug-likeness (QED) is 0.475. The maximum atomic E-state index is 12.4. The molecule has 2 rings (SSSR count). The lowest BCUT2D eigenvalue weighted by molar-refractivity contribution is -0.116. The van der Waals surface area contributed by atoms with Crippen LogP contribution in [0.4, 0.5) is 16.2 Å². The average Bonchev–Trinajstić information content (AvgIpc) is 2.64. The lowest BCUT2D eigenvalue weighted by Crippen LogP contribution is -2.20. The minimum absolute atomic E-state index is 0.203. The molecular formula is C19H20N4O4. The predicted octanol–water partition coefficient (Wildman–Crippen LogP) is 1.59. The highest BCUT2D eigenvalue weighted by Crippen LogP contribution is 2.15. The number of aliphatic hydroxyl groups excluding tert-OH is 1. The minimum atomic E-state index is -0.712. The summed E-state index contributed by atoms with van der Waals surface area (Å²) < 4.78 is 0. The maximum Gasteiger partial charge on any atom is 0.316 e. The minimum Gasteiger partial charge on any atom is -0.392 e. The highest BCUT2D eigenvalue weighted by atomic mass is 16.2. The highest BCUT2D eigenvalue weighted by molar-refractivity contribution is 6.05. The van der Waals surface area contributed by atoms with Crippen LogP contribution in [0.5, 0.6) is 0 Å². The summed E-state index contributed by atoms with van der Waals surface area (Å²) in [5.41, 5.74) is 7.20. The Morgan fingerprint density at radius 2 is 1.70 bits per heavy atom. The van der Waals surface area contributed by atoms with Crippen LogP contribution in [0.25, 0.3) is 0 Å². The number of urea groups is 1. The fourth-order valence-corrected chi connectivity index (χ4v) is 2.25. The topological polar surface area (TPSA) is 134 Å². The Balaban J connectivity index is 2.01. The van der Waals surface area contributed by atoms with Crippen molar-refractivity contribution in [3.8, 4) is 0 Å². The van der Waals surface area contributed by atoms with Crippen molar-refractivity contribution in [3.05, 3.63) is 71.8 Å².